The van der Waals surface area contributed by atoms with Crippen molar-refractivity contribution in [3.05, 3.63) is 42.8 Å². The summed E-state index contributed by atoms with van der Waals surface area (Å²) in [4.78, 5) is 43.2. The predicted molar refractivity (Wildman–Crippen MR) is 94.7 cm³/mol. The average Bonchev–Trinajstić information content (AvgIpc) is 3.31. The molecule has 2 rings (SSSR count). The minimum Gasteiger partial charge on any atom is -0.477 e. The fourth-order valence-electron chi connectivity index (χ4n) is 1.66. The highest BCUT2D eigenvalue weighted by molar-refractivity contribution is 7.16. The number of carboxylic acid groups (broad SMARTS) is 2. The lowest BCUT2D eigenvalue weighted by Gasteiger charge is -1.93. The van der Waals surface area contributed by atoms with E-state index in [4.69, 9.17) is 20.7 Å². The fourth-order valence-corrected chi connectivity index (χ4v) is 3.39. The third kappa shape index (κ3) is 5.14. The van der Waals surface area contributed by atoms with Gasteiger partial charge < -0.3 is 19.7 Å². The molecule has 12 heteroatoms. The highest BCUT2D eigenvalue weighted by Crippen LogP contribution is 2.23. The SMILES string of the molecule is COC(=O)c1cc(C#N)c(C(=O)OC)s1.N#Cc1cc(C(=O)O)sc1C(=O)O. The van der Waals surface area contributed by atoms with Crippen LogP contribution in [0.15, 0.2) is 12.1 Å². The van der Waals surface area contributed by atoms with Crippen LogP contribution in [0.4, 0.5) is 0 Å². The molecule has 28 heavy (non-hydrogen) atoms. The zero-order chi connectivity index (χ0) is 21.4. The van der Waals surface area contributed by atoms with Crippen molar-refractivity contribution in [2.75, 3.05) is 14.2 Å². The summed E-state index contributed by atoms with van der Waals surface area (Å²) in [5, 5.41) is 34.3. The van der Waals surface area contributed by atoms with Gasteiger partial charge in [0.2, 0.25) is 0 Å². The second kappa shape index (κ2) is 9.82. The Morgan fingerprint density at radius 1 is 0.821 bits per heavy atom. The molecule has 0 atom stereocenters. The molecule has 2 aromatic heterocycles. The number of nitriles is 2. The molecule has 0 aliphatic carbocycles. The number of thiophene rings is 2. The molecule has 0 spiro atoms. The van der Waals surface area contributed by atoms with Crippen molar-refractivity contribution in [1.82, 2.24) is 0 Å². The highest BCUT2D eigenvalue weighted by Gasteiger charge is 2.20. The van der Waals surface area contributed by atoms with Crippen molar-refractivity contribution in [3.8, 4) is 12.1 Å². The summed E-state index contributed by atoms with van der Waals surface area (Å²) in [5.41, 5.74) is 0.00199. The maximum atomic E-state index is 11.2. The Morgan fingerprint density at radius 3 is 1.68 bits per heavy atom. The van der Waals surface area contributed by atoms with Crippen LogP contribution in [-0.4, -0.2) is 48.3 Å². The summed E-state index contributed by atoms with van der Waals surface area (Å²) in [6.45, 7) is 0. The molecule has 0 unspecified atom stereocenters. The Labute approximate surface area is 165 Å². The van der Waals surface area contributed by atoms with Crippen molar-refractivity contribution in [2.24, 2.45) is 0 Å². The molecule has 0 amide bonds. The molecule has 10 nitrogen and oxygen atoms in total. The van der Waals surface area contributed by atoms with Gasteiger partial charge in [0.25, 0.3) is 0 Å². The number of carbonyl (C=O) groups excluding carboxylic acids is 2. The van der Waals surface area contributed by atoms with Crippen molar-refractivity contribution in [3.63, 3.8) is 0 Å². The summed E-state index contributed by atoms with van der Waals surface area (Å²) in [6, 6.07) is 5.79. The maximum absolute atomic E-state index is 11.2. The minimum absolute atomic E-state index is 0.111. The number of hydrogen-bond donors (Lipinski definition) is 2. The van der Waals surface area contributed by atoms with Gasteiger partial charge >= 0.3 is 23.9 Å². The van der Waals surface area contributed by atoms with Gasteiger partial charge in [-0.2, -0.15) is 10.5 Å². The van der Waals surface area contributed by atoms with Crippen LogP contribution in [0.2, 0.25) is 0 Å². The topological polar surface area (TPSA) is 175 Å². The lowest BCUT2D eigenvalue weighted by atomic mass is 10.2. The molecular weight excluding hydrogens is 412 g/mol. The number of esters is 2. The number of ether oxygens (including phenoxy) is 2. The average molecular weight is 422 g/mol. The van der Waals surface area contributed by atoms with Gasteiger partial charge in [-0.1, -0.05) is 0 Å². The second-order valence-corrected chi connectivity index (χ2v) is 6.63. The second-order valence-electron chi connectivity index (χ2n) is 4.52. The normalized spacial score (nSPS) is 9.14. The van der Waals surface area contributed by atoms with E-state index in [9.17, 15) is 19.2 Å². The summed E-state index contributed by atoms with van der Waals surface area (Å²) in [6.07, 6.45) is 0. The Balaban J connectivity index is 0.000000283. The maximum Gasteiger partial charge on any atom is 0.349 e. The van der Waals surface area contributed by atoms with Crippen LogP contribution < -0.4 is 0 Å². The van der Waals surface area contributed by atoms with Gasteiger partial charge in [0, 0.05) is 0 Å². The van der Waals surface area contributed by atoms with Crippen molar-refractivity contribution in [2.45, 2.75) is 0 Å². The molecule has 2 heterocycles. The fraction of sp³-hybridized carbons (Fsp3) is 0.125. The molecule has 0 saturated heterocycles. The Hall–Kier alpha value is -3.74. The van der Waals surface area contributed by atoms with E-state index in [1.165, 1.54) is 20.3 Å². The first-order chi connectivity index (χ1) is 13.2. The van der Waals surface area contributed by atoms with Crippen molar-refractivity contribution < 1.29 is 38.9 Å². The molecule has 0 saturated carbocycles. The van der Waals surface area contributed by atoms with Crippen LogP contribution in [0.3, 0.4) is 0 Å². The molecule has 2 N–H and O–H groups in total. The molecule has 0 radical (unpaired) electrons. The van der Waals surface area contributed by atoms with Gasteiger partial charge in [-0.05, 0) is 12.1 Å². The number of carbonyl (C=O) groups is 4. The summed E-state index contributed by atoms with van der Waals surface area (Å²) < 4.78 is 8.95. The number of methoxy groups -OCH3 is 2. The van der Waals surface area contributed by atoms with Crippen LogP contribution in [-0.2, 0) is 9.47 Å². The molecule has 144 valence electrons. The predicted octanol–water partition coefficient (Wildman–Crippen LogP) is 2.21. The first kappa shape index (κ1) is 22.3. The van der Waals surface area contributed by atoms with Crippen LogP contribution >= 0.6 is 22.7 Å². The number of nitrogens with zero attached hydrogens (tertiary/aromatic N) is 2. The lowest BCUT2D eigenvalue weighted by molar-refractivity contribution is 0.0599. The van der Waals surface area contributed by atoms with Gasteiger partial charge in [0.05, 0.1) is 25.3 Å². The number of rotatable bonds is 4. The quantitative estimate of drug-likeness (QED) is 0.695. The Morgan fingerprint density at radius 2 is 1.29 bits per heavy atom. The van der Waals surface area contributed by atoms with Gasteiger partial charge in [-0.3, -0.25) is 0 Å². The van der Waals surface area contributed by atoms with Crippen LogP contribution in [0.5, 0.6) is 0 Å². The summed E-state index contributed by atoms with van der Waals surface area (Å²) >= 11 is 1.46. The number of hydrogen-bond acceptors (Lipinski definition) is 10. The lowest BCUT2D eigenvalue weighted by Crippen LogP contribution is -1.99. The van der Waals surface area contributed by atoms with E-state index in [2.05, 4.69) is 9.47 Å². The van der Waals surface area contributed by atoms with Gasteiger partial charge in [-0.15, -0.1) is 22.7 Å². The van der Waals surface area contributed by atoms with E-state index in [0.29, 0.717) is 11.3 Å². The monoisotopic (exact) mass is 422 g/mol. The smallest absolute Gasteiger partial charge is 0.349 e. The van der Waals surface area contributed by atoms with E-state index in [-0.39, 0.29) is 30.6 Å². The Kier molecular flexibility index (Phi) is 7.82. The van der Waals surface area contributed by atoms with E-state index in [1.807, 2.05) is 6.07 Å². The van der Waals surface area contributed by atoms with Crippen LogP contribution in [0.25, 0.3) is 0 Å². The third-order valence-corrected chi connectivity index (χ3v) is 5.07. The van der Waals surface area contributed by atoms with E-state index < -0.39 is 23.9 Å². The van der Waals surface area contributed by atoms with Gasteiger partial charge in [0.15, 0.2) is 0 Å². The molecule has 0 aromatic carbocycles. The largest absolute Gasteiger partial charge is 0.477 e. The van der Waals surface area contributed by atoms with Crippen LogP contribution in [0, 0.1) is 22.7 Å². The molecule has 0 aliphatic heterocycles. The van der Waals surface area contributed by atoms with E-state index in [0.717, 1.165) is 17.4 Å². The molecule has 0 fully saturated rings. The summed E-state index contributed by atoms with van der Waals surface area (Å²) in [5.74, 6) is -3.72. The van der Waals surface area contributed by atoms with Gasteiger partial charge in [0.1, 0.15) is 31.6 Å². The van der Waals surface area contributed by atoms with Crippen molar-refractivity contribution in [1.29, 1.82) is 10.5 Å². The van der Waals surface area contributed by atoms with Crippen LogP contribution in [0.1, 0.15) is 49.8 Å². The number of carboxylic acids is 2. The zero-order valence-corrected chi connectivity index (χ0v) is 15.8. The van der Waals surface area contributed by atoms with E-state index >= 15 is 0 Å². The van der Waals surface area contributed by atoms with E-state index in [1.54, 1.807) is 6.07 Å². The van der Waals surface area contributed by atoms with Gasteiger partial charge in [-0.25, -0.2) is 19.2 Å². The zero-order valence-electron chi connectivity index (χ0n) is 14.2. The summed E-state index contributed by atoms with van der Waals surface area (Å²) in [7, 11) is 2.44. The standard InChI is InChI=1S/C9H7NO4S.C7H3NO4S/c1-13-8(11)6-3-5(4-10)7(15-6)9(12)14-2;8-2-3-1-4(6(9)10)13-5(3)7(11)12/h3H,1-2H3;1H,(H,9,10)(H,11,12). The highest BCUT2D eigenvalue weighted by atomic mass is 32.1. The Bertz CT molecular complexity index is 1020. The number of aromatic carboxylic acids is 2. The minimum atomic E-state index is -1.28. The first-order valence-corrected chi connectivity index (χ1v) is 8.54. The molecule has 2 aromatic rings. The first-order valence-electron chi connectivity index (χ1n) is 6.91. The van der Waals surface area contributed by atoms with Crippen molar-refractivity contribution >= 4 is 46.6 Å². The molecule has 0 aliphatic rings. The molecule has 0 bridgehead atoms. The molecular formula is C16H10N2O8S2. The third-order valence-electron chi connectivity index (χ3n) is 2.87.